The highest BCUT2D eigenvalue weighted by atomic mass is 16.2. The first-order valence-electron chi connectivity index (χ1n) is 22.4. The van der Waals surface area contributed by atoms with Crippen LogP contribution >= 0.6 is 0 Å². The molecule has 1 saturated carbocycles. The summed E-state index contributed by atoms with van der Waals surface area (Å²) in [4.78, 5) is 124. The van der Waals surface area contributed by atoms with E-state index < -0.39 is 102 Å². The number of primary amides is 1. The predicted octanol–water partition coefficient (Wildman–Crippen LogP) is 0.164. The molecule has 1 aromatic heterocycles. The van der Waals surface area contributed by atoms with Gasteiger partial charge in [0.25, 0.3) is 0 Å². The van der Waals surface area contributed by atoms with Crippen molar-refractivity contribution in [3.63, 3.8) is 0 Å². The SMILES string of the molecule is CC(=O)NCC(=O)NC1CC(=O)NCCCCC(C(N)=O)NC(=O)[C@H](Cc2c[nH]c3ccccc23)NC(=O)C(C)NC(=O)C(Cc2ccccc2)NC(=O)C(CC2CCCCC2)NC1=O. The van der Waals surface area contributed by atoms with Crippen molar-refractivity contribution in [3.05, 3.63) is 71.9 Å². The monoisotopic (exact) mass is 898 g/mol. The minimum absolute atomic E-state index is 0.00104. The number of para-hydroxylation sites is 1. The molecule has 19 nitrogen and oxygen atoms in total. The molecule has 0 bridgehead atoms. The number of fused-ring (bicyclic) bond motifs is 1. The van der Waals surface area contributed by atoms with Crippen LogP contribution in [0.5, 0.6) is 0 Å². The Bertz CT molecular complexity index is 2170. The van der Waals surface area contributed by atoms with E-state index >= 15 is 0 Å². The Morgan fingerprint density at radius 1 is 0.692 bits per heavy atom. The highest BCUT2D eigenvalue weighted by Gasteiger charge is 2.34. The summed E-state index contributed by atoms with van der Waals surface area (Å²) in [6, 6.07) is 8.79. The average Bonchev–Trinajstić information content (AvgIpc) is 3.69. The average molecular weight is 899 g/mol. The number of aromatic nitrogens is 1. The summed E-state index contributed by atoms with van der Waals surface area (Å²) in [6.07, 6.45) is 6.66. The van der Waals surface area contributed by atoms with Gasteiger partial charge in [-0.1, -0.05) is 80.6 Å². The number of carbonyl (C=O) groups excluding carboxylic acids is 9. The molecule has 1 saturated heterocycles. The van der Waals surface area contributed by atoms with Crippen molar-refractivity contribution in [2.45, 2.75) is 127 Å². The fourth-order valence-corrected chi connectivity index (χ4v) is 8.17. The number of hydrogen-bond acceptors (Lipinski definition) is 9. The molecule has 6 atom stereocenters. The van der Waals surface area contributed by atoms with E-state index in [0.717, 1.165) is 43.0 Å². The van der Waals surface area contributed by atoms with Crippen molar-refractivity contribution >= 4 is 64.1 Å². The number of nitrogens with one attached hydrogen (secondary N) is 9. The van der Waals surface area contributed by atoms with Crippen LogP contribution in [0, 0.1) is 5.92 Å². The second-order valence-corrected chi connectivity index (χ2v) is 17.0. The number of nitrogens with two attached hydrogens (primary N) is 1. The second kappa shape index (κ2) is 24.3. The third-order valence-corrected chi connectivity index (χ3v) is 11.8. The molecule has 5 rings (SSSR count). The smallest absolute Gasteiger partial charge is 0.243 e. The molecular formula is C46H62N10O9. The topological polar surface area (TPSA) is 292 Å². The highest BCUT2D eigenvalue weighted by molar-refractivity contribution is 5.98. The van der Waals surface area contributed by atoms with Gasteiger partial charge in [-0.2, -0.15) is 0 Å². The third-order valence-electron chi connectivity index (χ3n) is 11.8. The molecule has 1 aliphatic heterocycles. The molecule has 2 heterocycles. The first kappa shape index (κ1) is 49.2. The molecule has 3 aromatic rings. The first-order chi connectivity index (χ1) is 31.2. The van der Waals surface area contributed by atoms with Crippen LogP contribution in [-0.2, 0) is 56.0 Å². The Balaban J connectivity index is 1.46. The summed E-state index contributed by atoms with van der Waals surface area (Å²) in [7, 11) is 0. The lowest BCUT2D eigenvalue weighted by Gasteiger charge is -2.29. The van der Waals surface area contributed by atoms with Gasteiger partial charge in [0.05, 0.1) is 13.0 Å². The van der Waals surface area contributed by atoms with Gasteiger partial charge in [-0.15, -0.1) is 0 Å². The number of aromatic amines is 1. The molecule has 2 fully saturated rings. The minimum Gasteiger partial charge on any atom is -0.368 e. The van der Waals surface area contributed by atoms with Gasteiger partial charge >= 0.3 is 0 Å². The summed E-state index contributed by atoms with van der Waals surface area (Å²) in [5.74, 6) is -6.28. The Morgan fingerprint density at radius 2 is 1.32 bits per heavy atom. The molecule has 5 unspecified atom stereocenters. The molecule has 0 radical (unpaired) electrons. The maximum atomic E-state index is 14.4. The number of hydrogen-bond donors (Lipinski definition) is 10. The second-order valence-electron chi connectivity index (χ2n) is 17.0. The summed E-state index contributed by atoms with van der Waals surface area (Å²) >= 11 is 0. The van der Waals surface area contributed by atoms with Crippen molar-refractivity contribution in [2.75, 3.05) is 13.1 Å². The maximum absolute atomic E-state index is 14.4. The molecule has 9 amide bonds. The van der Waals surface area contributed by atoms with E-state index in [4.69, 9.17) is 5.73 Å². The van der Waals surface area contributed by atoms with Crippen molar-refractivity contribution in [3.8, 4) is 0 Å². The van der Waals surface area contributed by atoms with Crippen LogP contribution in [0.25, 0.3) is 10.9 Å². The molecule has 2 aliphatic rings. The molecular weight excluding hydrogens is 837 g/mol. The summed E-state index contributed by atoms with van der Waals surface area (Å²) in [6.45, 7) is 2.28. The van der Waals surface area contributed by atoms with Crippen molar-refractivity contribution in [2.24, 2.45) is 11.7 Å². The molecule has 1 aliphatic carbocycles. The molecule has 350 valence electrons. The van der Waals surface area contributed by atoms with Gasteiger partial charge in [0, 0.05) is 43.4 Å². The van der Waals surface area contributed by atoms with Crippen molar-refractivity contribution in [1.82, 2.24) is 47.5 Å². The molecule has 0 spiro atoms. The fourth-order valence-electron chi connectivity index (χ4n) is 8.17. The van der Waals surface area contributed by atoms with Gasteiger partial charge in [-0.3, -0.25) is 43.2 Å². The number of rotatable bonds is 10. The van der Waals surface area contributed by atoms with Crippen LogP contribution in [0.3, 0.4) is 0 Å². The van der Waals surface area contributed by atoms with Crippen LogP contribution in [0.1, 0.15) is 89.2 Å². The number of H-pyrrole nitrogens is 1. The van der Waals surface area contributed by atoms with Crippen LogP contribution in [0.15, 0.2) is 60.8 Å². The van der Waals surface area contributed by atoms with Gasteiger partial charge < -0.3 is 53.3 Å². The fraction of sp³-hybridized carbons (Fsp3) is 0.500. The van der Waals surface area contributed by atoms with E-state index in [1.807, 2.05) is 24.3 Å². The van der Waals surface area contributed by atoms with E-state index in [-0.39, 0.29) is 38.1 Å². The van der Waals surface area contributed by atoms with E-state index in [0.29, 0.717) is 24.0 Å². The zero-order chi connectivity index (χ0) is 46.9. The predicted molar refractivity (Wildman–Crippen MR) is 240 cm³/mol. The largest absolute Gasteiger partial charge is 0.368 e. The van der Waals surface area contributed by atoms with Crippen LogP contribution in [-0.4, -0.2) is 107 Å². The highest BCUT2D eigenvalue weighted by Crippen LogP contribution is 2.28. The lowest BCUT2D eigenvalue weighted by Crippen LogP contribution is -2.60. The van der Waals surface area contributed by atoms with Crippen LogP contribution in [0.4, 0.5) is 0 Å². The Kier molecular flexibility index (Phi) is 18.4. The summed E-state index contributed by atoms with van der Waals surface area (Å²) in [5, 5.41) is 22.1. The lowest BCUT2D eigenvalue weighted by molar-refractivity contribution is -0.136. The normalized spacial score (nSPS) is 24.0. The Morgan fingerprint density at radius 3 is 2.05 bits per heavy atom. The van der Waals surface area contributed by atoms with Gasteiger partial charge in [0.2, 0.25) is 53.2 Å². The first-order valence-corrected chi connectivity index (χ1v) is 22.4. The molecule has 19 heteroatoms. The number of benzene rings is 2. The van der Waals surface area contributed by atoms with Crippen LogP contribution in [0.2, 0.25) is 0 Å². The summed E-state index contributed by atoms with van der Waals surface area (Å²) in [5.41, 5.74) is 7.92. The zero-order valence-electron chi connectivity index (χ0n) is 37.0. The standard InChI is InChI=1S/C46H62N10O9/c1-27-42(61)54-37(23-31-25-50-33-18-10-9-17-32(31)33)45(64)53-34(41(47)60)19-11-12-20-48-39(58)24-38(52-40(59)26-49-28(2)57)46(65)56-36(22-30-15-7-4-8-16-30)44(63)55-35(43(62)51-27)21-29-13-5-3-6-14-29/h3,5-6,9-10,13-14,17-18,25,27,30,34-38,50H,4,7-8,11-12,15-16,19-24,26H2,1-2H3,(H2,47,60)(H,48,58)(H,49,57)(H,51,62)(H,52,59)(H,53,64)(H,54,61)(H,55,63)(H,56,65)/t27?,34?,35?,36?,37-,38?/m0/s1. The van der Waals surface area contributed by atoms with E-state index in [1.165, 1.54) is 13.8 Å². The maximum Gasteiger partial charge on any atom is 0.243 e. The Hall–Kier alpha value is -6.79. The lowest BCUT2D eigenvalue weighted by atomic mass is 9.84. The Labute approximate surface area is 377 Å². The van der Waals surface area contributed by atoms with E-state index in [2.05, 4.69) is 47.5 Å². The van der Waals surface area contributed by atoms with Crippen molar-refractivity contribution in [1.29, 1.82) is 0 Å². The van der Waals surface area contributed by atoms with E-state index in [9.17, 15) is 43.2 Å². The quantitative estimate of drug-likeness (QED) is 0.133. The third kappa shape index (κ3) is 15.5. The molecule has 11 N–H and O–H groups in total. The molecule has 65 heavy (non-hydrogen) atoms. The zero-order valence-corrected chi connectivity index (χ0v) is 37.0. The van der Waals surface area contributed by atoms with Gasteiger partial charge in [-0.05, 0) is 55.7 Å². The van der Waals surface area contributed by atoms with Gasteiger partial charge in [-0.25, -0.2) is 0 Å². The molecule has 2 aromatic carbocycles. The number of carbonyl (C=O) groups is 9. The number of amides is 9. The van der Waals surface area contributed by atoms with Crippen molar-refractivity contribution < 1.29 is 43.2 Å². The van der Waals surface area contributed by atoms with Gasteiger partial charge in [0.15, 0.2) is 0 Å². The van der Waals surface area contributed by atoms with Crippen LogP contribution < -0.4 is 48.3 Å². The van der Waals surface area contributed by atoms with Gasteiger partial charge in [0.1, 0.15) is 36.3 Å². The summed E-state index contributed by atoms with van der Waals surface area (Å²) < 4.78 is 0. The minimum atomic E-state index is -1.46. The van der Waals surface area contributed by atoms with E-state index in [1.54, 1.807) is 36.5 Å².